The lowest BCUT2D eigenvalue weighted by atomic mass is 10.0. The molecule has 2 heterocycles. The van der Waals surface area contributed by atoms with Crippen molar-refractivity contribution in [2.75, 3.05) is 0 Å². The normalized spacial score (nSPS) is 18.9. The van der Waals surface area contributed by atoms with Gasteiger partial charge in [0.25, 0.3) is 0 Å². The second kappa shape index (κ2) is 5.40. The number of ether oxygens (including phenoxy) is 1. The maximum Gasteiger partial charge on any atom is 0.338 e. The van der Waals surface area contributed by atoms with Crippen LogP contribution in [-0.2, 0) is 9.53 Å². The van der Waals surface area contributed by atoms with Crippen LogP contribution in [0.25, 0.3) is 0 Å². The highest BCUT2D eigenvalue weighted by molar-refractivity contribution is 5.94. The van der Waals surface area contributed by atoms with Crippen molar-refractivity contribution in [2.45, 2.75) is 39.8 Å². The quantitative estimate of drug-likeness (QED) is 0.830. The van der Waals surface area contributed by atoms with Crippen LogP contribution >= 0.6 is 0 Å². The minimum Gasteiger partial charge on any atom is -0.464 e. The number of urea groups is 1. The second-order valence-corrected chi connectivity index (χ2v) is 4.97. The number of furan rings is 1. The Hall–Kier alpha value is -2.24. The molecule has 0 bridgehead atoms. The zero-order valence-corrected chi connectivity index (χ0v) is 11.9. The summed E-state index contributed by atoms with van der Waals surface area (Å²) in [7, 11) is 0. The average Bonchev–Trinajstić information content (AvgIpc) is 2.73. The summed E-state index contributed by atoms with van der Waals surface area (Å²) in [6, 6.07) is 2.51. The van der Waals surface area contributed by atoms with Crippen LogP contribution in [0.1, 0.15) is 38.3 Å². The third-order valence-electron chi connectivity index (χ3n) is 2.88. The number of carbonyl (C=O) groups is 2. The lowest BCUT2D eigenvalue weighted by Crippen LogP contribution is -2.45. The van der Waals surface area contributed by atoms with Gasteiger partial charge in [-0.25, -0.2) is 9.59 Å². The Bertz CT molecular complexity index is 571. The van der Waals surface area contributed by atoms with E-state index in [1.54, 1.807) is 39.8 Å². The lowest BCUT2D eigenvalue weighted by molar-refractivity contribution is -0.143. The van der Waals surface area contributed by atoms with Crippen molar-refractivity contribution in [3.05, 3.63) is 34.9 Å². The Morgan fingerprint density at radius 3 is 2.60 bits per heavy atom. The summed E-state index contributed by atoms with van der Waals surface area (Å²) in [6.45, 7) is 7.01. The van der Waals surface area contributed by atoms with E-state index in [2.05, 4.69) is 10.6 Å². The summed E-state index contributed by atoms with van der Waals surface area (Å²) in [5.41, 5.74) is 0.825. The molecule has 6 nitrogen and oxygen atoms in total. The largest absolute Gasteiger partial charge is 0.464 e. The van der Waals surface area contributed by atoms with Gasteiger partial charge in [0, 0.05) is 5.70 Å². The van der Waals surface area contributed by atoms with Crippen LogP contribution in [0.15, 0.2) is 27.8 Å². The second-order valence-electron chi connectivity index (χ2n) is 4.97. The van der Waals surface area contributed by atoms with Gasteiger partial charge in [-0.1, -0.05) is 0 Å². The van der Waals surface area contributed by atoms with Crippen molar-refractivity contribution >= 4 is 12.0 Å². The van der Waals surface area contributed by atoms with Crippen molar-refractivity contribution in [3.63, 3.8) is 0 Å². The van der Waals surface area contributed by atoms with Crippen molar-refractivity contribution < 1.29 is 18.7 Å². The molecule has 0 aliphatic carbocycles. The van der Waals surface area contributed by atoms with Gasteiger partial charge >= 0.3 is 12.0 Å². The van der Waals surface area contributed by atoms with Crippen LogP contribution in [0.4, 0.5) is 4.79 Å². The van der Waals surface area contributed by atoms with Gasteiger partial charge in [-0.05, 0) is 39.8 Å². The zero-order valence-electron chi connectivity index (χ0n) is 11.9. The fraction of sp³-hybridized carbons (Fsp3) is 0.429. The number of allylic oxidation sites excluding steroid dienone is 1. The molecule has 1 aromatic rings. The van der Waals surface area contributed by atoms with E-state index in [0.29, 0.717) is 22.8 Å². The third kappa shape index (κ3) is 2.84. The molecule has 1 atom stereocenters. The Morgan fingerprint density at radius 1 is 1.35 bits per heavy atom. The highest BCUT2D eigenvalue weighted by Crippen LogP contribution is 2.29. The summed E-state index contributed by atoms with van der Waals surface area (Å²) in [4.78, 5) is 23.8. The van der Waals surface area contributed by atoms with Gasteiger partial charge in [0.1, 0.15) is 17.6 Å². The molecular weight excluding hydrogens is 260 g/mol. The van der Waals surface area contributed by atoms with E-state index in [4.69, 9.17) is 9.15 Å². The number of aryl methyl sites for hydroxylation is 1. The maximum atomic E-state index is 12.2. The molecule has 0 fully saturated rings. The third-order valence-corrected chi connectivity index (χ3v) is 2.88. The molecule has 6 heteroatoms. The van der Waals surface area contributed by atoms with Crippen LogP contribution in [0.5, 0.6) is 0 Å². The highest BCUT2D eigenvalue weighted by Gasteiger charge is 2.34. The SMILES string of the molecule is CC1=C(C(=O)OC(C)C)[C@@H](c2ccc(C)o2)NC(=O)N1. The predicted octanol–water partition coefficient (Wildman–Crippen LogP) is 2.17. The van der Waals surface area contributed by atoms with E-state index in [1.165, 1.54) is 0 Å². The van der Waals surface area contributed by atoms with Gasteiger partial charge in [-0.15, -0.1) is 0 Å². The van der Waals surface area contributed by atoms with Crippen LogP contribution in [-0.4, -0.2) is 18.1 Å². The van der Waals surface area contributed by atoms with E-state index in [9.17, 15) is 9.59 Å². The van der Waals surface area contributed by atoms with Crippen LogP contribution in [0.3, 0.4) is 0 Å². The molecule has 0 aromatic carbocycles. The fourth-order valence-electron chi connectivity index (χ4n) is 2.06. The number of hydrogen-bond donors (Lipinski definition) is 2. The molecule has 1 aromatic heterocycles. The predicted molar refractivity (Wildman–Crippen MR) is 71.8 cm³/mol. The standard InChI is InChI=1S/C14H18N2O4/c1-7(2)19-13(17)11-9(4)15-14(18)16-12(11)10-6-5-8(3)20-10/h5-7,12H,1-4H3,(H2,15,16,18)/t12-/m1/s1. The Morgan fingerprint density at radius 2 is 2.05 bits per heavy atom. The first-order valence-corrected chi connectivity index (χ1v) is 6.44. The number of amides is 2. The first-order chi connectivity index (χ1) is 9.38. The molecule has 0 unspecified atom stereocenters. The highest BCUT2D eigenvalue weighted by atomic mass is 16.5. The molecule has 2 N–H and O–H groups in total. The van der Waals surface area contributed by atoms with E-state index in [-0.39, 0.29) is 12.1 Å². The topological polar surface area (TPSA) is 80.6 Å². The minimum atomic E-state index is -0.635. The molecule has 108 valence electrons. The number of nitrogens with one attached hydrogen (secondary N) is 2. The van der Waals surface area contributed by atoms with Gasteiger partial charge in [-0.2, -0.15) is 0 Å². The van der Waals surface area contributed by atoms with E-state index in [0.717, 1.165) is 0 Å². The first kappa shape index (κ1) is 14.2. The Balaban J connectivity index is 2.39. The van der Waals surface area contributed by atoms with Gasteiger partial charge < -0.3 is 19.8 Å². The van der Waals surface area contributed by atoms with Crippen molar-refractivity contribution in [1.82, 2.24) is 10.6 Å². The molecule has 20 heavy (non-hydrogen) atoms. The van der Waals surface area contributed by atoms with Crippen LogP contribution in [0.2, 0.25) is 0 Å². The summed E-state index contributed by atoms with van der Waals surface area (Å²) in [5.74, 6) is 0.749. The smallest absolute Gasteiger partial charge is 0.338 e. The fourth-order valence-corrected chi connectivity index (χ4v) is 2.06. The monoisotopic (exact) mass is 278 g/mol. The maximum absolute atomic E-state index is 12.2. The van der Waals surface area contributed by atoms with E-state index < -0.39 is 12.0 Å². The summed E-state index contributed by atoms with van der Waals surface area (Å²) in [6.07, 6.45) is -0.237. The molecule has 0 spiro atoms. The van der Waals surface area contributed by atoms with Crippen molar-refractivity contribution in [1.29, 1.82) is 0 Å². The molecule has 1 aliphatic heterocycles. The summed E-state index contributed by atoms with van der Waals surface area (Å²) >= 11 is 0. The van der Waals surface area contributed by atoms with Crippen molar-refractivity contribution in [2.24, 2.45) is 0 Å². The number of rotatable bonds is 3. The number of esters is 1. The molecule has 0 radical (unpaired) electrons. The summed E-state index contributed by atoms with van der Waals surface area (Å²) in [5, 5.41) is 5.26. The molecule has 0 saturated carbocycles. The first-order valence-electron chi connectivity index (χ1n) is 6.44. The van der Waals surface area contributed by atoms with Gasteiger partial charge in [0.15, 0.2) is 0 Å². The van der Waals surface area contributed by atoms with Gasteiger partial charge in [-0.3, -0.25) is 0 Å². The minimum absolute atomic E-state index is 0.237. The number of hydrogen-bond acceptors (Lipinski definition) is 4. The van der Waals surface area contributed by atoms with Gasteiger partial charge in [0.2, 0.25) is 0 Å². The van der Waals surface area contributed by atoms with E-state index in [1.807, 2.05) is 0 Å². The van der Waals surface area contributed by atoms with Gasteiger partial charge in [0.05, 0.1) is 11.7 Å². The summed E-state index contributed by atoms with van der Waals surface area (Å²) < 4.78 is 10.7. The molecular formula is C14H18N2O4. The zero-order chi connectivity index (χ0) is 14.9. The average molecular weight is 278 g/mol. The Labute approximate surface area is 117 Å². The van der Waals surface area contributed by atoms with Crippen LogP contribution < -0.4 is 10.6 Å². The number of carbonyl (C=O) groups excluding carboxylic acids is 2. The molecule has 2 rings (SSSR count). The van der Waals surface area contributed by atoms with E-state index >= 15 is 0 Å². The molecule has 1 aliphatic rings. The van der Waals surface area contributed by atoms with Crippen molar-refractivity contribution in [3.8, 4) is 0 Å². The van der Waals surface area contributed by atoms with Crippen LogP contribution in [0, 0.1) is 6.92 Å². The molecule has 0 saturated heterocycles. The molecule has 2 amide bonds. The Kier molecular flexibility index (Phi) is 3.83. The lowest BCUT2D eigenvalue weighted by Gasteiger charge is -2.26.